The lowest BCUT2D eigenvalue weighted by Gasteiger charge is -2.19. The highest BCUT2D eigenvalue weighted by molar-refractivity contribution is 7.88. The third kappa shape index (κ3) is 2.33. The van der Waals surface area contributed by atoms with Gasteiger partial charge < -0.3 is 10.1 Å². The van der Waals surface area contributed by atoms with Gasteiger partial charge in [-0.15, -0.1) is 0 Å². The molecule has 18 heavy (non-hydrogen) atoms. The molecule has 0 saturated carbocycles. The van der Waals surface area contributed by atoms with E-state index >= 15 is 0 Å². The fourth-order valence-electron chi connectivity index (χ4n) is 1.68. The minimum Gasteiger partial charge on any atom is -0.436 e. The summed E-state index contributed by atoms with van der Waals surface area (Å²) in [6, 6.07) is 1.94. The number of ether oxygens (including phenoxy) is 1. The molecule has 0 bridgehead atoms. The predicted molar refractivity (Wildman–Crippen MR) is 71.1 cm³/mol. The van der Waals surface area contributed by atoms with Crippen LogP contribution in [0.4, 0.5) is 0 Å². The van der Waals surface area contributed by atoms with Crippen molar-refractivity contribution >= 4 is 10.8 Å². The zero-order valence-corrected chi connectivity index (χ0v) is 11.5. The fourth-order valence-corrected chi connectivity index (χ4v) is 2.88. The summed E-state index contributed by atoms with van der Waals surface area (Å²) in [5.74, 6) is 1.57. The number of aromatic nitrogens is 2. The Kier molecular flexibility index (Phi) is 3.86. The van der Waals surface area contributed by atoms with Crippen LogP contribution in [-0.2, 0) is 16.7 Å². The molecule has 1 aromatic rings. The van der Waals surface area contributed by atoms with Crippen LogP contribution < -0.4 is 10.1 Å². The lowest BCUT2D eigenvalue weighted by molar-refractivity contribution is 0.393. The summed E-state index contributed by atoms with van der Waals surface area (Å²) in [7, 11) is -1.14. The van der Waals surface area contributed by atoms with Gasteiger partial charge >= 0.3 is 0 Å². The van der Waals surface area contributed by atoms with Crippen LogP contribution in [0.3, 0.4) is 0 Å². The third-order valence-corrected chi connectivity index (χ3v) is 3.73. The minimum atomic E-state index is -1.14. The van der Waals surface area contributed by atoms with Gasteiger partial charge in [0.05, 0.1) is 17.0 Å². The molecule has 6 heteroatoms. The van der Waals surface area contributed by atoms with Crippen molar-refractivity contribution in [3.63, 3.8) is 0 Å². The van der Waals surface area contributed by atoms with E-state index in [9.17, 15) is 4.21 Å². The SMILES string of the molecule is CC.CC1C=CC2=C(N1)S(=O)Cn1nccc1O2. The molecule has 0 aliphatic carbocycles. The van der Waals surface area contributed by atoms with Gasteiger partial charge in [0.1, 0.15) is 10.9 Å². The second-order valence-corrected chi connectivity index (χ2v) is 5.09. The predicted octanol–water partition coefficient (Wildman–Crippen LogP) is 1.72. The fraction of sp³-hybridized carbons (Fsp3) is 0.417. The standard InChI is InChI=1S/C10H11N3O2S.C2H6/c1-7-2-3-8-10(12-7)16(14)6-13-9(15-8)4-5-11-13;1-2/h2-5,7,12H,6H2,1H3;1-2H3. The number of fused-ring (bicyclic) bond motifs is 1. The number of allylic oxidation sites excluding steroid dienone is 1. The highest BCUT2D eigenvalue weighted by Crippen LogP contribution is 2.25. The second kappa shape index (κ2) is 5.39. The minimum absolute atomic E-state index is 0.178. The average molecular weight is 267 g/mol. The van der Waals surface area contributed by atoms with Gasteiger partial charge in [0, 0.05) is 12.1 Å². The smallest absolute Gasteiger partial charge is 0.218 e. The molecule has 2 aliphatic rings. The molecule has 98 valence electrons. The largest absolute Gasteiger partial charge is 0.436 e. The van der Waals surface area contributed by atoms with Gasteiger partial charge in [-0.1, -0.05) is 19.9 Å². The van der Waals surface area contributed by atoms with Crippen molar-refractivity contribution in [3.8, 4) is 5.88 Å². The number of hydrogen-bond donors (Lipinski definition) is 1. The van der Waals surface area contributed by atoms with Crippen molar-refractivity contribution in [1.29, 1.82) is 0 Å². The van der Waals surface area contributed by atoms with Gasteiger partial charge in [0.15, 0.2) is 5.76 Å². The average Bonchev–Trinajstić information content (AvgIpc) is 2.76. The maximum atomic E-state index is 12.1. The van der Waals surface area contributed by atoms with Crippen LogP contribution in [0.15, 0.2) is 35.2 Å². The van der Waals surface area contributed by atoms with E-state index in [1.54, 1.807) is 16.9 Å². The van der Waals surface area contributed by atoms with E-state index in [4.69, 9.17) is 4.74 Å². The van der Waals surface area contributed by atoms with Gasteiger partial charge in [-0.25, -0.2) is 4.68 Å². The molecule has 3 heterocycles. The van der Waals surface area contributed by atoms with Crippen LogP contribution in [0.25, 0.3) is 0 Å². The first kappa shape index (κ1) is 12.9. The van der Waals surface area contributed by atoms with Gasteiger partial charge in [-0.05, 0) is 13.0 Å². The van der Waals surface area contributed by atoms with E-state index in [0.29, 0.717) is 22.5 Å². The number of nitrogens with zero attached hydrogens (tertiary/aromatic N) is 2. The maximum absolute atomic E-state index is 12.1. The molecule has 1 N–H and O–H groups in total. The zero-order valence-electron chi connectivity index (χ0n) is 10.7. The monoisotopic (exact) mass is 267 g/mol. The van der Waals surface area contributed by atoms with Gasteiger partial charge in [-0.2, -0.15) is 5.10 Å². The summed E-state index contributed by atoms with van der Waals surface area (Å²) in [5.41, 5.74) is 0. The Morgan fingerprint density at radius 3 is 3.11 bits per heavy atom. The molecule has 2 atom stereocenters. The molecule has 0 amide bonds. The summed E-state index contributed by atoms with van der Waals surface area (Å²) in [5, 5.41) is 7.88. The van der Waals surface area contributed by atoms with E-state index in [0.717, 1.165) is 0 Å². The Labute approximate surface area is 109 Å². The lowest BCUT2D eigenvalue weighted by atomic mass is 10.2. The van der Waals surface area contributed by atoms with E-state index in [2.05, 4.69) is 10.4 Å². The van der Waals surface area contributed by atoms with Crippen molar-refractivity contribution in [2.45, 2.75) is 32.7 Å². The first-order chi connectivity index (χ1) is 8.74. The highest BCUT2D eigenvalue weighted by Gasteiger charge is 2.24. The molecule has 0 spiro atoms. The second-order valence-electron chi connectivity index (χ2n) is 3.73. The molecule has 0 saturated heterocycles. The Balaban J connectivity index is 0.000000574. The first-order valence-electron chi connectivity index (χ1n) is 6.01. The highest BCUT2D eigenvalue weighted by atomic mass is 32.2. The molecule has 3 rings (SSSR count). The lowest BCUT2D eigenvalue weighted by Crippen LogP contribution is -2.30. The maximum Gasteiger partial charge on any atom is 0.218 e. The first-order valence-corrected chi connectivity index (χ1v) is 7.33. The van der Waals surface area contributed by atoms with Crippen LogP contribution in [0.2, 0.25) is 0 Å². The molecular formula is C12H17N3O2S. The van der Waals surface area contributed by atoms with Crippen molar-refractivity contribution < 1.29 is 8.95 Å². The molecule has 5 nitrogen and oxygen atoms in total. The number of hydrogen-bond acceptors (Lipinski definition) is 4. The van der Waals surface area contributed by atoms with Crippen LogP contribution in [0.5, 0.6) is 5.88 Å². The number of rotatable bonds is 0. The molecule has 2 aliphatic heterocycles. The van der Waals surface area contributed by atoms with E-state index in [-0.39, 0.29) is 6.04 Å². The summed E-state index contributed by atoms with van der Waals surface area (Å²) in [6.07, 6.45) is 5.47. The normalized spacial score (nSPS) is 24.8. The summed E-state index contributed by atoms with van der Waals surface area (Å²) >= 11 is 0. The van der Waals surface area contributed by atoms with Crippen LogP contribution in [0.1, 0.15) is 20.8 Å². The van der Waals surface area contributed by atoms with Crippen LogP contribution >= 0.6 is 0 Å². The summed E-state index contributed by atoms with van der Waals surface area (Å²) in [4.78, 5) is 0. The van der Waals surface area contributed by atoms with Crippen molar-refractivity contribution in [2.75, 3.05) is 0 Å². The van der Waals surface area contributed by atoms with Crippen molar-refractivity contribution in [2.24, 2.45) is 0 Å². The Morgan fingerprint density at radius 2 is 2.33 bits per heavy atom. The third-order valence-electron chi connectivity index (χ3n) is 2.48. The molecule has 0 fully saturated rings. The Bertz CT molecular complexity index is 519. The van der Waals surface area contributed by atoms with Gasteiger partial charge in [0.2, 0.25) is 5.88 Å². The molecule has 1 aromatic heterocycles. The molecule has 0 aromatic carbocycles. The van der Waals surface area contributed by atoms with Gasteiger partial charge in [0.25, 0.3) is 0 Å². The van der Waals surface area contributed by atoms with E-state index < -0.39 is 10.8 Å². The molecule has 0 radical (unpaired) electrons. The van der Waals surface area contributed by atoms with Crippen molar-refractivity contribution in [1.82, 2.24) is 15.1 Å². The van der Waals surface area contributed by atoms with Gasteiger partial charge in [-0.3, -0.25) is 4.21 Å². The Morgan fingerprint density at radius 1 is 1.56 bits per heavy atom. The molecular weight excluding hydrogens is 250 g/mol. The molecule has 2 unspecified atom stereocenters. The van der Waals surface area contributed by atoms with Crippen molar-refractivity contribution in [3.05, 3.63) is 35.2 Å². The van der Waals surface area contributed by atoms with E-state index in [1.165, 1.54) is 0 Å². The zero-order chi connectivity index (χ0) is 13.1. The summed E-state index contributed by atoms with van der Waals surface area (Å²) in [6.45, 7) is 6.00. The Hall–Kier alpha value is -1.56. The van der Waals surface area contributed by atoms with E-state index in [1.807, 2.05) is 32.9 Å². The quantitative estimate of drug-likeness (QED) is 0.777. The topological polar surface area (TPSA) is 56.2 Å². The van der Waals surface area contributed by atoms with Crippen LogP contribution in [-0.4, -0.2) is 20.0 Å². The number of dihydropyridines is 1. The number of nitrogens with one attached hydrogen (secondary N) is 1. The van der Waals surface area contributed by atoms with Crippen LogP contribution in [0, 0.1) is 0 Å². The summed E-state index contributed by atoms with van der Waals surface area (Å²) < 4.78 is 19.3.